The minimum Gasteiger partial charge on any atom is -0.207 e. The Bertz CT molecular complexity index is 532. The molecular formula is C12H9O+. The van der Waals surface area contributed by atoms with E-state index in [1.807, 2.05) is 24.3 Å². The third-order valence-electron chi connectivity index (χ3n) is 2.44. The van der Waals surface area contributed by atoms with E-state index >= 15 is 0 Å². The molecule has 0 bridgehead atoms. The zero-order valence-electron chi connectivity index (χ0n) is 7.16. The number of hydrogen-bond donors (Lipinski definition) is 0. The van der Waals surface area contributed by atoms with Crippen LogP contribution in [0.2, 0.25) is 0 Å². The number of allylic oxidation sites excluding steroid dienone is 4. The van der Waals surface area contributed by atoms with Gasteiger partial charge in [-0.2, -0.15) is 0 Å². The molecule has 1 aliphatic carbocycles. The first-order valence-electron chi connectivity index (χ1n) is 4.45. The molecule has 1 nitrogen and oxygen atoms in total. The molecule has 0 amide bonds. The highest BCUT2D eigenvalue weighted by molar-refractivity contribution is 5.72. The number of rotatable bonds is 0. The van der Waals surface area contributed by atoms with Crippen molar-refractivity contribution in [1.82, 2.24) is 0 Å². The first-order chi connectivity index (χ1) is 6.45. The predicted octanol–water partition coefficient (Wildman–Crippen LogP) is 1.31. The lowest BCUT2D eigenvalue weighted by molar-refractivity contribution is 1.35. The lowest BCUT2D eigenvalue weighted by Gasteiger charge is -1.94. The van der Waals surface area contributed by atoms with E-state index in [4.69, 9.17) is 4.42 Å². The minimum atomic E-state index is 0.989. The van der Waals surface area contributed by atoms with E-state index in [2.05, 4.69) is 18.2 Å². The van der Waals surface area contributed by atoms with Crippen LogP contribution in [0.3, 0.4) is 0 Å². The van der Waals surface area contributed by atoms with Crippen molar-refractivity contribution in [3.05, 3.63) is 63.3 Å². The fourth-order valence-electron chi connectivity index (χ4n) is 1.80. The molecule has 62 valence electrons. The maximum atomic E-state index is 5.68. The zero-order valence-corrected chi connectivity index (χ0v) is 7.16. The molecule has 0 atom stereocenters. The smallest absolute Gasteiger partial charge is 0.207 e. The molecule has 0 spiro atoms. The zero-order chi connectivity index (χ0) is 8.67. The Balaban J connectivity index is 2.46. The molecule has 13 heavy (non-hydrogen) atoms. The average molecular weight is 169 g/mol. The summed E-state index contributed by atoms with van der Waals surface area (Å²) in [6.45, 7) is 0. The van der Waals surface area contributed by atoms with Gasteiger partial charge in [0.1, 0.15) is 0 Å². The Kier molecular flexibility index (Phi) is 1.28. The van der Waals surface area contributed by atoms with Gasteiger partial charge in [0.15, 0.2) is 0 Å². The molecule has 1 heterocycles. The molecule has 1 aliphatic heterocycles. The van der Waals surface area contributed by atoms with Gasteiger partial charge in [-0.05, 0) is 6.07 Å². The topological polar surface area (TPSA) is 11.3 Å². The lowest BCUT2D eigenvalue weighted by Crippen LogP contribution is -2.21. The van der Waals surface area contributed by atoms with Crippen molar-refractivity contribution >= 4 is 5.57 Å². The number of para-hydroxylation sites is 1. The van der Waals surface area contributed by atoms with E-state index in [1.165, 1.54) is 10.8 Å². The van der Waals surface area contributed by atoms with Crippen molar-refractivity contribution in [2.45, 2.75) is 6.42 Å². The number of benzene rings is 1. The Morgan fingerprint density at radius 2 is 2.08 bits per heavy atom. The summed E-state index contributed by atoms with van der Waals surface area (Å²) in [5.74, 6) is 1.02. The summed E-state index contributed by atoms with van der Waals surface area (Å²) in [5.41, 5.74) is 2.31. The van der Waals surface area contributed by atoms with E-state index in [-0.39, 0.29) is 0 Å². The van der Waals surface area contributed by atoms with E-state index in [0.717, 1.165) is 17.6 Å². The molecule has 1 aromatic rings. The summed E-state index contributed by atoms with van der Waals surface area (Å²) in [4.78, 5) is 0. The fourth-order valence-corrected chi connectivity index (χ4v) is 1.80. The summed E-state index contributed by atoms with van der Waals surface area (Å²) >= 11 is 0. The van der Waals surface area contributed by atoms with Gasteiger partial charge >= 0.3 is 11.2 Å². The Morgan fingerprint density at radius 3 is 3.08 bits per heavy atom. The van der Waals surface area contributed by atoms with Crippen LogP contribution in [0.5, 0.6) is 0 Å². The van der Waals surface area contributed by atoms with Crippen LogP contribution < -0.4 is 10.6 Å². The van der Waals surface area contributed by atoms with Crippen molar-refractivity contribution in [1.29, 1.82) is 0 Å². The fraction of sp³-hybridized carbons (Fsp3) is 0.0833. The quantitative estimate of drug-likeness (QED) is 0.519. The van der Waals surface area contributed by atoms with Crippen LogP contribution in [0.15, 0.2) is 52.7 Å². The van der Waals surface area contributed by atoms with Crippen LogP contribution in [0.1, 0.15) is 6.42 Å². The van der Waals surface area contributed by atoms with Crippen LogP contribution in [0.25, 0.3) is 5.57 Å². The van der Waals surface area contributed by atoms with Crippen LogP contribution >= 0.6 is 0 Å². The van der Waals surface area contributed by atoms with Crippen molar-refractivity contribution in [2.24, 2.45) is 0 Å². The van der Waals surface area contributed by atoms with E-state index in [9.17, 15) is 0 Å². The monoisotopic (exact) mass is 169 g/mol. The second-order valence-corrected chi connectivity index (χ2v) is 3.24. The standard InChI is InChI=1S/C12H9O/c1-3-7-11-9(5-1)10-6-2-4-8-12(10)13-11/h1-5,7-8H,6H2/q+1. The number of hydrogen-bond acceptors (Lipinski definition) is 0. The lowest BCUT2D eigenvalue weighted by atomic mass is 10.0. The Hall–Kier alpha value is -1.63. The normalized spacial score (nSPS) is 17.5. The summed E-state index contributed by atoms with van der Waals surface area (Å²) in [6, 6.07) is 8.19. The molecule has 0 saturated carbocycles. The molecular weight excluding hydrogens is 160 g/mol. The third-order valence-corrected chi connectivity index (χ3v) is 2.44. The van der Waals surface area contributed by atoms with Gasteiger partial charge in [0.2, 0.25) is 0 Å². The molecule has 2 aliphatic rings. The first-order valence-corrected chi connectivity index (χ1v) is 4.45. The highest BCUT2D eigenvalue weighted by Crippen LogP contribution is 2.21. The van der Waals surface area contributed by atoms with Crippen LogP contribution in [0, 0.1) is 0 Å². The molecule has 1 heteroatoms. The molecule has 0 fully saturated rings. The van der Waals surface area contributed by atoms with Gasteiger partial charge in [-0.3, -0.25) is 0 Å². The van der Waals surface area contributed by atoms with Crippen molar-refractivity contribution in [3.8, 4) is 0 Å². The van der Waals surface area contributed by atoms with Crippen molar-refractivity contribution in [3.63, 3.8) is 0 Å². The van der Waals surface area contributed by atoms with Gasteiger partial charge in [0.05, 0.1) is 10.8 Å². The van der Waals surface area contributed by atoms with Gasteiger partial charge in [-0.15, -0.1) is 0 Å². The summed E-state index contributed by atoms with van der Waals surface area (Å²) < 4.78 is 5.68. The van der Waals surface area contributed by atoms with Crippen molar-refractivity contribution < 1.29 is 0 Å². The molecule has 0 aromatic heterocycles. The summed E-state index contributed by atoms with van der Waals surface area (Å²) in [5, 5.41) is 1.25. The third kappa shape index (κ3) is 0.903. The average Bonchev–Trinajstić information content (AvgIpc) is 2.56. The van der Waals surface area contributed by atoms with Gasteiger partial charge in [-0.25, -0.2) is 4.42 Å². The minimum absolute atomic E-state index is 0.989. The number of fused-ring (bicyclic) bond motifs is 2. The second-order valence-electron chi connectivity index (χ2n) is 3.24. The van der Waals surface area contributed by atoms with Gasteiger partial charge in [0, 0.05) is 18.6 Å². The Labute approximate surface area is 76.0 Å². The van der Waals surface area contributed by atoms with Gasteiger partial charge < -0.3 is 0 Å². The summed E-state index contributed by atoms with van der Waals surface area (Å²) in [6.07, 6.45) is 7.22. The molecule has 1 aromatic carbocycles. The maximum absolute atomic E-state index is 5.68. The van der Waals surface area contributed by atoms with Crippen LogP contribution in [-0.4, -0.2) is 0 Å². The van der Waals surface area contributed by atoms with Gasteiger partial charge in [-0.1, -0.05) is 24.3 Å². The second kappa shape index (κ2) is 2.43. The predicted molar refractivity (Wildman–Crippen MR) is 53.2 cm³/mol. The highest BCUT2D eigenvalue weighted by atomic mass is 16.4. The van der Waals surface area contributed by atoms with Crippen LogP contribution in [-0.2, 0) is 0 Å². The van der Waals surface area contributed by atoms with E-state index in [0.29, 0.717) is 0 Å². The Morgan fingerprint density at radius 1 is 1.15 bits per heavy atom. The maximum Gasteiger partial charge on any atom is 0.361 e. The first kappa shape index (κ1) is 6.84. The molecule has 0 saturated heterocycles. The SMILES string of the molecule is C1=CCC2=c3ccccc3=[O+]C2=C1. The van der Waals surface area contributed by atoms with Gasteiger partial charge in [0.25, 0.3) is 0 Å². The molecule has 0 N–H and O–H groups in total. The molecule has 0 unspecified atom stereocenters. The van der Waals surface area contributed by atoms with E-state index < -0.39 is 0 Å². The molecule has 3 rings (SSSR count). The van der Waals surface area contributed by atoms with Crippen LogP contribution in [0.4, 0.5) is 0 Å². The highest BCUT2D eigenvalue weighted by Gasteiger charge is 2.24. The largest absolute Gasteiger partial charge is 0.361 e. The summed E-state index contributed by atoms with van der Waals surface area (Å²) in [7, 11) is 0. The molecule has 0 radical (unpaired) electrons. The van der Waals surface area contributed by atoms with E-state index in [1.54, 1.807) is 0 Å². The van der Waals surface area contributed by atoms with Crippen molar-refractivity contribution in [2.75, 3.05) is 0 Å².